The molecule has 100 valence electrons. The zero-order chi connectivity index (χ0) is 13.3. The van der Waals surface area contributed by atoms with E-state index in [1.165, 1.54) is 30.4 Å². The van der Waals surface area contributed by atoms with Crippen molar-refractivity contribution in [1.82, 2.24) is 4.98 Å². The Morgan fingerprint density at radius 3 is 2.61 bits per heavy atom. The molecule has 0 spiro atoms. The second kappa shape index (κ2) is 5.32. The smallest absolute Gasteiger partial charge is 0.0305 e. The quantitative estimate of drug-likeness (QED) is 0.710. The number of alkyl halides is 1. The van der Waals surface area contributed by atoms with Crippen LogP contribution in [0.3, 0.4) is 0 Å². The summed E-state index contributed by atoms with van der Waals surface area (Å²) in [7, 11) is 0. The molecule has 0 bridgehead atoms. The van der Waals surface area contributed by atoms with Crippen LogP contribution < -0.4 is 0 Å². The number of aryl methyl sites for hydroxylation is 1. The van der Waals surface area contributed by atoms with E-state index in [0.29, 0.717) is 10.7 Å². The normalized spacial score (nSPS) is 29.3. The van der Waals surface area contributed by atoms with E-state index in [0.717, 1.165) is 5.92 Å². The summed E-state index contributed by atoms with van der Waals surface area (Å²) in [6.45, 7) is 9.24. The molecule has 2 heteroatoms. The molecule has 1 aromatic rings. The van der Waals surface area contributed by atoms with Crippen molar-refractivity contribution in [2.45, 2.75) is 57.2 Å². The summed E-state index contributed by atoms with van der Waals surface area (Å²) in [5.41, 5.74) is 2.84. The maximum atomic E-state index is 4.37. The number of aromatic nitrogens is 1. The molecule has 1 fully saturated rings. The Balaban J connectivity index is 2.25. The molecule has 0 amide bonds. The highest BCUT2D eigenvalue weighted by molar-refractivity contribution is 9.09. The topological polar surface area (TPSA) is 12.9 Å². The van der Waals surface area contributed by atoms with E-state index in [2.05, 4.69) is 54.7 Å². The Morgan fingerprint density at radius 2 is 2.00 bits per heavy atom. The van der Waals surface area contributed by atoms with Gasteiger partial charge in [-0.05, 0) is 48.1 Å². The van der Waals surface area contributed by atoms with E-state index in [-0.39, 0.29) is 5.41 Å². The van der Waals surface area contributed by atoms with Gasteiger partial charge in [0.25, 0.3) is 0 Å². The van der Waals surface area contributed by atoms with Crippen LogP contribution in [-0.4, -0.2) is 9.81 Å². The summed E-state index contributed by atoms with van der Waals surface area (Å²) >= 11 is 3.93. The average molecular weight is 310 g/mol. The van der Waals surface area contributed by atoms with Crippen molar-refractivity contribution in [3.8, 4) is 0 Å². The first-order valence-corrected chi connectivity index (χ1v) is 7.89. The van der Waals surface area contributed by atoms with E-state index in [1.807, 2.05) is 12.4 Å². The zero-order valence-electron chi connectivity index (χ0n) is 11.9. The third kappa shape index (κ3) is 2.79. The van der Waals surface area contributed by atoms with Crippen LogP contribution >= 0.6 is 15.9 Å². The monoisotopic (exact) mass is 309 g/mol. The summed E-state index contributed by atoms with van der Waals surface area (Å²) in [4.78, 5) is 5.01. The molecule has 1 aromatic heterocycles. The molecular weight excluding hydrogens is 286 g/mol. The molecule has 3 atom stereocenters. The molecule has 1 saturated carbocycles. The van der Waals surface area contributed by atoms with Gasteiger partial charge < -0.3 is 0 Å². The number of hydrogen-bond donors (Lipinski definition) is 0. The zero-order valence-corrected chi connectivity index (χ0v) is 13.5. The van der Waals surface area contributed by atoms with Crippen molar-refractivity contribution in [2.24, 2.45) is 11.8 Å². The minimum atomic E-state index is 0.202. The first-order valence-electron chi connectivity index (χ1n) is 6.97. The highest BCUT2D eigenvalue weighted by Crippen LogP contribution is 2.45. The first-order chi connectivity index (χ1) is 8.41. The van der Waals surface area contributed by atoms with Gasteiger partial charge in [-0.1, -0.05) is 49.2 Å². The molecule has 1 aliphatic carbocycles. The predicted octanol–water partition coefficient (Wildman–Crippen LogP) is 4.87. The van der Waals surface area contributed by atoms with Gasteiger partial charge in [0.15, 0.2) is 0 Å². The Labute approximate surface area is 120 Å². The van der Waals surface area contributed by atoms with Gasteiger partial charge in [-0.25, -0.2) is 0 Å². The molecule has 2 rings (SSSR count). The van der Waals surface area contributed by atoms with Gasteiger partial charge in [0.2, 0.25) is 0 Å². The lowest BCUT2D eigenvalue weighted by atomic mass is 9.66. The Hall–Kier alpha value is -0.370. The van der Waals surface area contributed by atoms with Crippen LogP contribution in [0.1, 0.15) is 51.2 Å². The van der Waals surface area contributed by atoms with Crippen LogP contribution in [0, 0.1) is 18.8 Å². The summed E-state index contributed by atoms with van der Waals surface area (Å²) in [5, 5.41) is 0. The van der Waals surface area contributed by atoms with E-state index < -0.39 is 0 Å². The molecule has 0 aliphatic heterocycles. The molecular formula is C16H24BrN. The summed E-state index contributed by atoms with van der Waals surface area (Å²) in [6.07, 6.45) is 7.96. The molecule has 1 aliphatic rings. The molecule has 0 radical (unpaired) electrons. The van der Waals surface area contributed by atoms with E-state index in [4.69, 9.17) is 0 Å². The molecule has 3 unspecified atom stereocenters. The molecule has 0 N–H and O–H groups in total. The number of pyridine rings is 1. The standard InChI is InChI=1S/C16H24BrN/c1-11-5-6-14(15(17)8-11)16(3,4)13-7-12(2)9-18-10-13/h7,9-11,14-15H,5-6,8H2,1-4H3. The fourth-order valence-corrected chi connectivity index (χ4v) is 4.81. The minimum absolute atomic E-state index is 0.202. The molecule has 0 saturated heterocycles. The highest BCUT2D eigenvalue weighted by Gasteiger charge is 2.38. The van der Waals surface area contributed by atoms with Crippen LogP contribution in [-0.2, 0) is 5.41 Å². The minimum Gasteiger partial charge on any atom is -0.264 e. The first kappa shape index (κ1) is 14.0. The van der Waals surface area contributed by atoms with Gasteiger partial charge in [0, 0.05) is 17.2 Å². The number of hydrogen-bond acceptors (Lipinski definition) is 1. The van der Waals surface area contributed by atoms with Gasteiger partial charge >= 0.3 is 0 Å². The van der Waals surface area contributed by atoms with Crippen LogP contribution in [0.15, 0.2) is 18.5 Å². The third-order valence-electron chi connectivity index (χ3n) is 4.58. The van der Waals surface area contributed by atoms with Crippen molar-refractivity contribution in [3.05, 3.63) is 29.6 Å². The van der Waals surface area contributed by atoms with Crippen LogP contribution in [0.25, 0.3) is 0 Å². The predicted molar refractivity (Wildman–Crippen MR) is 81.2 cm³/mol. The van der Waals surface area contributed by atoms with Gasteiger partial charge in [-0.3, -0.25) is 4.98 Å². The van der Waals surface area contributed by atoms with E-state index in [9.17, 15) is 0 Å². The number of rotatable bonds is 2. The Morgan fingerprint density at radius 1 is 1.28 bits per heavy atom. The van der Waals surface area contributed by atoms with Crippen molar-refractivity contribution in [1.29, 1.82) is 0 Å². The lowest BCUT2D eigenvalue weighted by molar-refractivity contribution is 0.213. The Kier molecular flexibility index (Phi) is 4.15. The van der Waals surface area contributed by atoms with Crippen LogP contribution in [0.4, 0.5) is 0 Å². The van der Waals surface area contributed by atoms with Crippen molar-refractivity contribution >= 4 is 15.9 Å². The molecule has 18 heavy (non-hydrogen) atoms. The second-order valence-electron chi connectivity index (χ2n) is 6.51. The van der Waals surface area contributed by atoms with Crippen LogP contribution in [0.2, 0.25) is 0 Å². The van der Waals surface area contributed by atoms with Crippen molar-refractivity contribution in [3.63, 3.8) is 0 Å². The third-order valence-corrected chi connectivity index (χ3v) is 5.59. The highest BCUT2D eigenvalue weighted by atomic mass is 79.9. The summed E-state index contributed by atoms with van der Waals surface area (Å²) in [5.74, 6) is 1.56. The van der Waals surface area contributed by atoms with Gasteiger partial charge in [0.1, 0.15) is 0 Å². The summed E-state index contributed by atoms with van der Waals surface area (Å²) < 4.78 is 0. The van der Waals surface area contributed by atoms with Crippen molar-refractivity contribution in [2.75, 3.05) is 0 Å². The average Bonchev–Trinajstić information content (AvgIpc) is 2.28. The fraction of sp³-hybridized carbons (Fsp3) is 0.688. The molecule has 0 aromatic carbocycles. The lowest BCUT2D eigenvalue weighted by Crippen LogP contribution is -2.38. The Bertz CT molecular complexity index is 413. The molecule has 1 nitrogen and oxygen atoms in total. The maximum Gasteiger partial charge on any atom is 0.0305 e. The number of halogens is 1. The fourth-order valence-electron chi connectivity index (χ4n) is 3.25. The van der Waals surface area contributed by atoms with Gasteiger partial charge in [-0.2, -0.15) is 0 Å². The van der Waals surface area contributed by atoms with Crippen LogP contribution in [0.5, 0.6) is 0 Å². The van der Waals surface area contributed by atoms with Gasteiger partial charge in [-0.15, -0.1) is 0 Å². The lowest BCUT2D eigenvalue weighted by Gasteiger charge is -2.42. The van der Waals surface area contributed by atoms with E-state index >= 15 is 0 Å². The van der Waals surface area contributed by atoms with Crippen molar-refractivity contribution < 1.29 is 0 Å². The summed E-state index contributed by atoms with van der Waals surface area (Å²) in [6, 6.07) is 2.30. The number of nitrogens with zero attached hydrogens (tertiary/aromatic N) is 1. The second-order valence-corrected chi connectivity index (χ2v) is 7.69. The SMILES string of the molecule is Cc1cncc(C(C)(C)C2CCC(C)CC2Br)c1. The van der Waals surface area contributed by atoms with Gasteiger partial charge in [0.05, 0.1) is 0 Å². The van der Waals surface area contributed by atoms with E-state index in [1.54, 1.807) is 0 Å². The largest absolute Gasteiger partial charge is 0.264 e. The maximum absolute atomic E-state index is 4.37. The molecule has 1 heterocycles.